The maximum absolute atomic E-state index is 13.0. The number of ether oxygens (including phenoxy) is 1. The van der Waals surface area contributed by atoms with Gasteiger partial charge in [-0.05, 0) is 37.1 Å². The van der Waals surface area contributed by atoms with Crippen LogP contribution in [0.25, 0.3) is 0 Å². The van der Waals surface area contributed by atoms with Crippen LogP contribution in [0.4, 0.5) is 15.8 Å². The van der Waals surface area contributed by atoms with Crippen molar-refractivity contribution < 1.29 is 13.9 Å². The monoisotopic (exact) mass is 295 g/mol. The lowest BCUT2D eigenvalue weighted by atomic mass is 10.1. The van der Waals surface area contributed by atoms with Gasteiger partial charge in [0.15, 0.2) is 0 Å². The van der Waals surface area contributed by atoms with Crippen LogP contribution < -0.4 is 11.1 Å². The van der Waals surface area contributed by atoms with E-state index in [4.69, 9.17) is 10.5 Å². The molecule has 1 fully saturated rings. The molecule has 1 atom stereocenters. The molecule has 0 aliphatic carbocycles. The number of hydrogen-bond acceptors (Lipinski definition) is 4. The average molecular weight is 295 g/mol. The summed E-state index contributed by atoms with van der Waals surface area (Å²) in [7, 11) is 1.71. The lowest BCUT2D eigenvalue weighted by molar-refractivity contribution is -0.116. The molecule has 116 valence electrons. The topological polar surface area (TPSA) is 67.6 Å². The fraction of sp³-hybridized carbons (Fsp3) is 0.533. The summed E-state index contributed by atoms with van der Waals surface area (Å²) in [6.45, 7) is 3.48. The Labute approximate surface area is 124 Å². The summed E-state index contributed by atoms with van der Waals surface area (Å²) in [5.74, 6) is 0.000378. The van der Waals surface area contributed by atoms with E-state index in [0.29, 0.717) is 18.0 Å². The van der Waals surface area contributed by atoms with Gasteiger partial charge in [0.25, 0.3) is 0 Å². The number of halogens is 1. The lowest BCUT2D eigenvalue weighted by Gasteiger charge is -2.15. The zero-order chi connectivity index (χ0) is 15.2. The number of carbonyl (C=O) groups excluding carboxylic acids is 1. The van der Waals surface area contributed by atoms with Crippen molar-refractivity contribution in [2.45, 2.75) is 12.8 Å². The van der Waals surface area contributed by atoms with E-state index in [9.17, 15) is 9.18 Å². The molecule has 1 amide bonds. The van der Waals surface area contributed by atoms with Crippen LogP contribution in [-0.4, -0.2) is 44.2 Å². The predicted molar refractivity (Wildman–Crippen MR) is 80.5 cm³/mol. The third-order valence-electron chi connectivity index (χ3n) is 3.71. The second kappa shape index (κ2) is 7.38. The molecule has 0 bridgehead atoms. The number of nitrogens with zero attached hydrogens (tertiary/aromatic N) is 1. The van der Waals surface area contributed by atoms with Gasteiger partial charge in [-0.1, -0.05) is 0 Å². The molecule has 0 spiro atoms. The zero-order valence-electron chi connectivity index (χ0n) is 12.3. The van der Waals surface area contributed by atoms with Gasteiger partial charge < -0.3 is 20.7 Å². The highest BCUT2D eigenvalue weighted by molar-refractivity contribution is 5.91. The molecule has 1 unspecified atom stereocenters. The first-order chi connectivity index (χ1) is 10.1. The van der Waals surface area contributed by atoms with Crippen molar-refractivity contribution in [2.24, 2.45) is 5.92 Å². The minimum absolute atomic E-state index is 0.0368. The number of nitrogen functional groups attached to an aromatic ring is 1. The summed E-state index contributed by atoms with van der Waals surface area (Å²) >= 11 is 0. The van der Waals surface area contributed by atoms with Crippen molar-refractivity contribution in [1.29, 1.82) is 0 Å². The Hall–Kier alpha value is -1.66. The van der Waals surface area contributed by atoms with E-state index in [2.05, 4.69) is 10.2 Å². The number of carbonyl (C=O) groups is 1. The predicted octanol–water partition coefficient (Wildman–Crippen LogP) is 1.70. The van der Waals surface area contributed by atoms with Gasteiger partial charge in [0.2, 0.25) is 5.91 Å². The first-order valence-corrected chi connectivity index (χ1v) is 7.14. The van der Waals surface area contributed by atoms with Crippen LogP contribution >= 0.6 is 0 Å². The van der Waals surface area contributed by atoms with Gasteiger partial charge in [-0.25, -0.2) is 4.39 Å². The molecule has 6 heteroatoms. The van der Waals surface area contributed by atoms with Crippen molar-refractivity contribution in [1.82, 2.24) is 4.90 Å². The molecular formula is C15H22FN3O2. The first kappa shape index (κ1) is 15.7. The summed E-state index contributed by atoms with van der Waals surface area (Å²) in [6, 6.07) is 4.19. The molecule has 1 heterocycles. The molecule has 2 rings (SSSR count). The van der Waals surface area contributed by atoms with Crippen LogP contribution in [0, 0.1) is 11.7 Å². The fourth-order valence-electron chi connectivity index (χ4n) is 2.59. The number of nitrogens with one attached hydrogen (secondary N) is 1. The van der Waals surface area contributed by atoms with E-state index in [-0.39, 0.29) is 11.6 Å². The Morgan fingerprint density at radius 2 is 2.38 bits per heavy atom. The standard InChI is InChI=1S/C15H22FN3O2/c1-21-10-11-4-6-19(9-11)7-5-15(20)18-12-2-3-13(16)14(17)8-12/h2-3,8,11H,4-7,9-10,17H2,1H3,(H,18,20). The second-order valence-corrected chi connectivity index (χ2v) is 5.45. The molecular weight excluding hydrogens is 273 g/mol. The first-order valence-electron chi connectivity index (χ1n) is 7.14. The normalized spacial score (nSPS) is 18.9. The van der Waals surface area contributed by atoms with Crippen molar-refractivity contribution >= 4 is 17.3 Å². The minimum atomic E-state index is -0.478. The quantitative estimate of drug-likeness (QED) is 0.784. The van der Waals surface area contributed by atoms with Crippen LogP contribution in [0.1, 0.15) is 12.8 Å². The molecule has 0 aromatic heterocycles. The van der Waals surface area contributed by atoms with E-state index in [1.54, 1.807) is 7.11 Å². The van der Waals surface area contributed by atoms with Gasteiger partial charge in [0, 0.05) is 32.3 Å². The summed E-state index contributed by atoms with van der Waals surface area (Å²) in [6.07, 6.45) is 1.53. The van der Waals surface area contributed by atoms with Crippen LogP contribution in [-0.2, 0) is 9.53 Å². The molecule has 1 aromatic carbocycles. The number of nitrogens with two attached hydrogens (primary N) is 1. The summed E-state index contributed by atoms with van der Waals surface area (Å²) in [5, 5.41) is 2.73. The number of rotatable bonds is 6. The van der Waals surface area contributed by atoms with Gasteiger partial charge >= 0.3 is 0 Å². The third-order valence-corrected chi connectivity index (χ3v) is 3.71. The SMILES string of the molecule is COCC1CCN(CCC(=O)Nc2ccc(F)c(N)c2)C1. The molecule has 1 aromatic rings. The second-order valence-electron chi connectivity index (χ2n) is 5.45. The number of amides is 1. The molecule has 21 heavy (non-hydrogen) atoms. The lowest BCUT2D eigenvalue weighted by Crippen LogP contribution is -2.26. The fourth-order valence-corrected chi connectivity index (χ4v) is 2.59. The Bertz CT molecular complexity index is 496. The Morgan fingerprint density at radius 1 is 1.57 bits per heavy atom. The molecule has 1 saturated heterocycles. The van der Waals surface area contributed by atoms with E-state index in [1.807, 2.05) is 0 Å². The zero-order valence-corrected chi connectivity index (χ0v) is 12.3. The largest absolute Gasteiger partial charge is 0.396 e. The minimum Gasteiger partial charge on any atom is -0.396 e. The Kier molecular flexibility index (Phi) is 5.52. The smallest absolute Gasteiger partial charge is 0.225 e. The van der Waals surface area contributed by atoms with Crippen LogP contribution in [0.15, 0.2) is 18.2 Å². The van der Waals surface area contributed by atoms with Crippen molar-refractivity contribution in [3.8, 4) is 0 Å². The average Bonchev–Trinajstić information content (AvgIpc) is 2.89. The van der Waals surface area contributed by atoms with E-state index in [1.165, 1.54) is 18.2 Å². The van der Waals surface area contributed by atoms with Gasteiger partial charge in [-0.3, -0.25) is 4.79 Å². The number of methoxy groups -OCH3 is 1. The highest BCUT2D eigenvalue weighted by Gasteiger charge is 2.22. The maximum atomic E-state index is 13.0. The van der Waals surface area contributed by atoms with Crippen molar-refractivity contribution in [3.05, 3.63) is 24.0 Å². The van der Waals surface area contributed by atoms with E-state index >= 15 is 0 Å². The van der Waals surface area contributed by atoms with E-state index in [0.717, 1.165) is 32.7 Å². The van der Waals surface area contributed by atoms with Gasteiger partial charge in [0.1, 0.15) is 5.82 Å². The molecule has 0 saturated carbocycles. The van der Waals surface area contributed by atoms with Crippen LogP contribution in [0.3, 0.4) is 0 Å². The molecule has 0 radical (unpaired) electrons. The van der Waals surface area contributed by atoms with E-state index < -0.39 is 5.82 Å². The Morgan fingerprint density at radius 3 is 3.10 bits per heavy atom. The maximum Gasteiger partial charge on any atom is 0.225 e. The number of benzene rings is 1. The summed E-state index contributed by atoms with van der Waals surface area (Å²) < 4.78 is 18.2. The summed E-state index contributed by atoms with van der Waals surface area (Å²) in [4.78, 5) is 14.1. The van der Waals surface area contributed by atoms with Gasteiger partial charge in [0.05, 0.1) is 12.3 Å². The van der Waals surface area contributed by atoms with Crippen LogP contribution in [0.5, 0.6) is 0 Å². The molecule has 1 aliphatic rings. The molecule has 5 nitrogen and oxygen atoms in total. The van der Waals surface area contributed by atoms with Crippen molar-refractivity contribution in [2.75, 3.05) is 44.4 Å². The molecule has 1 aliphatic heterocycles. The molecule has 3 N–H and O–H groups in total. The third kappa shape index (κ3) is 4.68. The van der Waals surface area contributed by atoms with Crippen LogP contribution in [0.2, 0.25) is 0 Å². The van der Waals surface area contributed by atoms with Gasteiger partial charge in [-0.2, -0.15) is 0 Å². The van der Waals surface area contributed by atoms with Gasteiger partial charge in [-0.15, -0.1) is 0 Å². The number of likely N-dealkylation sites (tertiary alicyclic amines) is 1. The Balaban J connectivity index is 1.74. The highest BCUT2D eigenvalue weighted by atomic mass is 19.1. The highest BCUT2D eigenvalue weighted by Crippen LogP contribution is 2.18. The number of anilines is 2. The number of hydrogen-bond donors (Lipinski definition) is 2. The summed E-state index contributed by atoms with van der Waals surface area (Å²) in [5.41, 5.74) is 6.03. The van der Waals surface area contributed by atoms with Crippen molar-refractivity contribution in [3.63, 3.8) is 0 Å².